The van der Waals surface area contributed by atoms with Crippen molar-refractivity contribution in [2.75, 3.05) is 44.3 Å². The molecule has 132 valence electrons. The van der Waals surface area contributed by atoms with Gasteiger partial charge >= 0.3 is 0 Å². The van der Waals surface area contributed by atoms with E-state index in [1.807, 2.05) is 0 Å². The second-order valence-electron chi connectivity index (χ2n) is 7.07. The van der Waals surface area contributed by atoms with Crippen LogP contribution in [0, 0.1) is 5.92 Å². The Morgan fingerprint density at radius 1 is 1.29 bits per heavy atom. The Morgan fingerprint density at radius 2 is 2.08 bits per heavy atom. The van der Waals surface area contributed by atoms with Gasteiger partial charge in [-0.15, -0.1) is 0 Å². The molecule has 24 heavy (non-hydrogen) atoms. The molecule has 0 radical (unpaired) electrons. The van der Waals surface area contributed by atoms with Crippen molar-refractivity contribution in [1.82, 2.24) is 19.8 Å². The van der Waals surface area contributed by atoms with E-state index in [2.05, 4.69) is 51.3 Å². The van der Waals surface area contributed by atoms with Crippen LogP contribution in [-0.2, 0) is 6.54 Å². The zero-order chi connectivity index (χ0) is 16.9. The number of piperidine rings is 1. The summed E-state index contributed by atoms with van der Waals surface area (Å²) in [5, 5.41) is 3.45. The van der Waals surface area contributed by atoms with E-state index in [1.165, 1.54) is 31.5 Å². The number of aromatic nitrogens is 2. The summed E-state index contributed by atoms with van der Waals surface area (Å²) in [6, 6.07) is 0. The first-order chi connectivity index (χ1) is 11.7. The summed E-state index contributed by atoms with van der Waals surface area (Å²) in [7, 11) is 2.21. The van der Waals surface area contributed by atoms with Crippen LogP contribution in [0.3, 0.4) is 0 Å². The van der Waals surface area contributed by atoms with Crippen LogP contribution in [0.5, 0.6) is 0 Å². The maximum atomic E-state index is 5.87. The fraction of sp³-hybridized carbons (Fsp3) is 0.667. The molecule has 0 amide bonds. The Balaban J connectivity index is 1.67. The van der Waals surface area contributed by atoms with E-state index in [0.29, 0.717) is 5.95 Å². The number of likely N-dealkylation sites (tertiary alicyclic amines) is 1. The zero-order valence-electron chi connectivity index (χ0n) is 15.0. The van der Waals surface area contributed by atoms with E-state index in [-0.39, 0.29) is 0 Å². The fourth-order valence-electron chi connectivity index (χ4n) is 3.48. The molecule has 0 saturated carbocycles. The van der Waals surface area contributed by atoms with E-state index < -0.39 is 0 Å². The van der Waals surface area contributed by atoms with Gasteiger partial charge < -0.3 is 20.9 Å². The number of rotatable bonds is 6. The van der Waals surface area contributed by atoms with Crippen molar-refractivity contribution < 1.29 is 0 Å². The van der Waals surface area contributed by atoms with Gasteiger partial charge in [-0.05, 0) is 51.4 Å². The number of nitrogens with one attached hydrogen (secondary N) is 1. The Morgan fingerprint density at radius 3 is 2.83 bits per heavy atom. The first-order valence-electron chi connectivity index (χ1n) is 9.16. The molecule has 2 aliphatic heterocycles. The van der Waals surface area contributed by atoms with E-state index in [4.69, 9.17) is 5.73 Å². The lowest BCUT2D eigenvalue weighted by molar-refractivity contribution is 0.183. The number of hydrogen-bond acceptors (Lipinski definition) is 6. The summed E-state index contributed by atoms with van der Waals surface area (Å²) in [5.74, 6) is 2.03. The molecular formula is C18H30N6. The largest absolute Gasteiger partial charge is 0.372 e. The lowest BCUT2D eigenvalue weighted by Gasteiger charge is -2.34. The van der Waals surface area contributed by atoms with Crippen molar-refractivity contribution in [3.05, 3.63) is 17.5 Å². The SMILES string of the molecule is CCCCNc1nc(N)nc2c1CN(CC1CCN(C)CC1)C=C2. The molecule has 3 heterocycles. The highest BCUT2D eigenvalue weighted by atomic mass is 15.2. The normalized spacial score (nSPS) is 18.7. The van der Waals surface area contributed by atoms with Gasteiger partial charge in [0, 0.05) is 31.4 Å². The summed E-state index contributed by atoms with van der Waals surface area (Å²) >= 11 is 0. The van der Waals surface area contributed by atoms with Gasteiger partial charge in [0.1, 0.15) is 5.82 Å². The van der Waals surface area contributed by atoms with E-state index >= 15 is 0 Å². The van der Waals surface area contributed by atoms with Gasteiger partial charge in [0.2, 0.25) is 5.95 Å². The number of unbranched alkanes of at least 4 members (excludes halogenated alkanes) is 1. The summed E-state index contributed by atoms with van der Waals surface area (Å²) in [5.41, 5.74) is 8.01. The third-order valence-corrected chi connectivity index (χ3v) is 5.01. The number of nitrogen functional groups attached to an aromatic ring is 1. The third-order valence-electron chi connectivity index (χ3n) is 5.01. The minimum Gasteiger partial charge on any atom is -0.372 e. The first-order valence-corrected chi connectivity index (χ1v) is 9.16. The summed E-state index contributed by atoms with van der Waals surface area (Å²) in [4.78, 5) is 13.7. The van der Waals surface area contributed by atoms with Gasteiger partial charge in [-0.2, -0.15) is 4.98 Å². The molecule has 0 aromatic carbocycles. The number of nitrogens with zero attached hydrogens (tertiary/aromatic N) is 4. The molecule has 0 aliphatic carbocycles. The Kier molecular flexibility index (Phi) is 5.56. The van der Waals surface area contributed by atoms with Crippen LogP contribution in [-0.4, -0.2) is 53.0 Å². The van der Waals surface area contributed by atoms with E-state index in [0.717, 1.165) is 49.9 Å². The van der Waals surface area contributed by atoms with Gasteiger partial charge in [0.25, 0.3) is 0 Å². The Bertz CT molecular complexity index is 577. The molecule has 1 saturated heterocycles. The van der Waals surface area contributed by atoms with Crippen LogP contribution in [0.1, 0.15) is 43.9 Å². The van der Waals surface area contributed by atoms with Crippen molar-refractivity contribution in [3.8, 4) is 0 Å². The van der Waals surface area contributed by atoms with Gasteiger partial charge in [-0.25, -0.2) is 4.98 Å². The zero-order valence-corrected chi connectivity index (χ0v) is 15.0. The van der Waals surface area contributed by atoms with Crippen molar-refractivity contribution in [3.63, 3.8) is 0 Å². The number of anilines is 2. The molecule has 3 N–H and O–H groups in total. The van der Waals surface area contributed by atoms with E-state index in [1.54, 1.807) is 0 Å². The second-order valence-corrected chi connectivity index (χ2v) is 7.07. The van der Waals surface area contributed by atoms with Crippen molar-refractivity contribution in [2.24, 2.45) is 5.92 Å². The van der Waals surface area contributed by atoms with Crippen LogP contribution < -0.4 is 11.1 Å². The molecule has 6 nitrogen and oxygen atoms in total. The van der Waals surface area contributed by atoms with Crippen molar-refractivity contribution in [1.29, 1.82) is 0 Å². The fourth-order valence-corrected chi connectivity index (χ4v) is 3.48. The molecule has 1 aromatic heterocycles. The summed E-state index contributed by atoms with van der Waals surface area (Å²) in [6.45, 7) is 7.52. The minimum absolute atomic E-state index is 0.348. The highest BCUT2D eigenvalue weighted by Gasteiger charge is 2.22. The maximum absolute atomic E-state index is 5.87. The van der Waals surface area contributed by atoms with Crippen LogP contribution >= 0.6 is 0 Å². The lowest BCUT2D eigenvalue weighted by atomic mass is 9.96. The first kappa shape index (κ1) is 17.0. The van der Waals surface area contributed by atoms with Crippen LogP contribution in [0.2, 0.25) is 0 Å². The van der Waals surface area contributed by atoms with Gasteiger partial charge in [0.15, 0.2) is 0 Å². The average molecular weight is 330 g/mol. The summed E-state index contributed by atoms with van der Waals surface area (Å²) < 4.78 is 0. The Labute approximate surface area is 145 Å². The second kappa shape index (κ2) is 7.83. The van der Waals surface area contributed by atoms with Crippen LogP contribution in [0.4, 0.5) is 11.8 Å². The molecule has 0 atom stereocenters. The lowest BCUT2D eigenvalue weighted by Crippen LogP contribution is -2.36. The number of hydrogen-bond donors (Lipinski definition) is 2. The van der Waals surface area contributed by atoms with Gasteiger partial charge in [0.05, 0.1) is 5.69 Å². The molecule has 1 aromatic rings. The molecule has 6 heteroatoms. The third kappa shape index (κ3) is 4.17. The maximum Gasteiger partial charge on any atom is 0.222 e. The molecule has 0 bridgehead atoms. The summed E-state index contributed by atoms with van der Waals surface area (Å²) in [6.07, 6.45) is 9.12. The van der Waals surface area contributed by atoms with Gasteiger partial charge in [-0.1, -0.05) is 13.3 Å². The predicted molar refractivity (Wildman–Crippen MR) is 99.5 cm³/mol. The van der Waals surface area contributed by atoms with Crippen molar-refractivity contribution >= 4 is 17.8 Å². The smallest absolute Gasteiger partial charge is 0.222 e. The Hall–Kier alpha value is -1.82. The molecule has 3 rings (SSSR count). The average Bonchev–Trinajstić information content (AvgIpc) is 2.57. The monoisotopic (exact) mass is 330 g/mol. The van der Waals surface area contributed by atoms with Crippen LogP contribution in [0.15, 0.2) is 6.20 Å². The molecule has 0 unspecified atom stereocenters. The number of fused-ring (bicyclic) bond motifs is 1. The molecule has 2 aliphatic rings. The van der Waals surface area contributed by atoms with Gasteiger partial charge in [-0.3, -0.25) is 0 Å². The van der Waals surface area contributed by atoms with Crippen LogP contribution in [0.25, 0.3) is 6.08 Å². The highest BCUT2D eigenvalue weighted by Crippen LogP contribution is 2.27. The molecule has 0 spiro atoms. The van der Waals surface area contributed by atoms with E-state index in [9.17, 15) is 0 Å². The molecular weight excluding hydrogens is 300 g/mol. The highest BCUT2D eigenvalue weighted by molar-refractivity contribution is 5.61. The van der Waals surface area contributed by atoms with Crippen molar-refractivity contribution in [2.45, 2.75) is 39.2 Å². The number of nitrogens with two attached hydrogens (primary N) is 1. The predicted octanol–water partition coefficient (Wildman–Crippen LogP) is 2.40. The molecule has 1 fully saturated rings. The quantitative estimate of drug-likeness (QED) is 0.781. The minimum atomic E-state index is 0.348. The standard InChI is InChI=1S/C18H30N6/c1-3-4-8-20-17-15-13-24(11-7-16(15)21-18(19)22-17)12-14-5-9-23(2)10-6-14/h7,11,14H,3-6,8-10,12-13H2,1-2H3,(H3,19,20,21,22). The topological polar surface area (TPSA) is 70.3 Å².